The van der Waals surface area contributed by atoms with Gasteiger partial charge in [-0.25, -0.2) is 0 Å². The minimum atomic E-state index is -0.185. The number of hydrogen-bond acceptors (Lipinski definition) is 2. The number of aryl methyl sites for hydroxylation is 1. The number of unbranched alkanes of at least 4 members (excludes halogenated alkanes) is 1. The van der Waals surface area contributed by atoms with Gasteiger partial charge in [-0.1, -0.05) is 31.9 Å². The Kier molecular flexibility index (Phi) is 5.60. The molecule has 0 heterocycles. The van der Waals surface area contributed by atoms with Crippen LogP contribution in [0.3, 0.4) is 0 Å². The maximum atomic E-state index is 9.69. The van der Waals surface area contributed by atoms with Gasteiger partial charge in [-0.05, 0) is 37.0 Å². The summed E-state index contributed by atoms with van der Waals surface area (Å²) in [6, 6.07) is 9.68. The third-order valence-electron chi connectivity index (χ3n) is 2.74. The Morgan fingerprint density at radius 1 is 1.25 bits per heavy atom. The number of aliphatic hydroxyl groups is 1. The van der Waals surface area contributed by atoms with Crippen LogP contribution in [0.5, 0.6) is 0 Å². The molecule has 0 aliphatic heterocycles. The summed E-state index contributed by atoms with van der Waals surface area (Å²) in [6.45, 7) is 2.13. The van der Waals surface area contributed by atoms with Crippen LogP contribution in [0.1, 0.15) is 43.7 Å². The normalized spacial score (nSPS) is 12.1. The molecular weight excluding hydrogens is 198 g/mol. The molecule has 1 rings (SSSR count). The second-order valence-corrected chi connectivity index (χ2v) is 4.14. The maximum Gasteiger partial charge on any atom is 0.0991 e. The van der Waals surface area contributed by atoms with Crippen molar-refractivity contribution in [3.8, 4) is 6.07 Å². The van der Waals surface area contributed by atoms with Gasteiger partial charge in [-0.15, -0.1) is 0 Å². The van der Waals surface area contributed by atoms with Crippen molar-refractivity contribution in [1.29, 1.82) is 5.26 Å². The molecule has 0 unspecified atom stereocenters. The van der Waals surface area contributed by atoms with Crippen molar-refractivity contribution in [2.75, 3.05) is 0 Å². The van der Waals surface area contributed by atoms with E-state index < -0.39 is 0 Å². The first-order valence-electron chi connectivity index (χ1n) is 5.93. The third kappa shape index (κ3) is 4.46. The minimum Gasteiger partial charge on any atom is -0.393 e. The standard InChI is InChI=1S/C14H19NO/c1-2-3-4-14(16)10-9-12-5-7-13(11-15)8-6-12/h5-8,14,16H,2-4,9-10H2,1H3/t14-/m0/s1. The van der Waals surface area contributed by atoms with E-state index in [0.29, 0.717) is 5.56 Å². The number of nitrogens with zero attached hydrogens (tertiary/aromatic N) is 1. The van der Waals surface area contributed by atoms with Crippen LogP contribution in [0.25, 0.3) is 0 Å². The molecule has 86 valence electrons. The van der Waals surface area contributed by atoms with Gasteiger partial charge in [0.15, 0.2) is 0 Å². The highest BCUT2D eigenvalue weighted by molar-refractivity contribution is 5.31. The van der Waals surface area contributed by atoms with Crippen molar-refractivity contribution in [3.63, 3.8) is 0 Å². The Balaban J connectivity index is 2.34. The third-order valence-corrected chi connectivity index (χ3v) is 2.74. The fourth-order valence-corrected chi connectivity index (χ4v) is 1.66. The smallest absolute Gasteiger partial charge is 0.0991 e. The number of nitriles is 1. The van der Waals surface area contributed by atoms with Gasteiger partial charge >= 0.3 is 0 Å². The summed E-state index contributed by atoms with van der Waals surface area (Å²) >= 11 is 0. The van der Waals surface area contributed by atoms with Crippen molar-refractivity contribution >= 4 is 0 Å². The Hall–Kier alpha value is -1.33. The first kappa shape index (κ1) is 12.7. The lowest BCUT2D eigenvalue weighted by molar-refractivity contribution is 0.152. The maximum absolute atomic E-state index is 9.69. The molecule has 0 fully saturated rings. The molecular formula is C14H19NO. The average molecular weight is 217 g/mol. The molecule has 2 nitrogen and oxygen atoms in total. The zero-order valence-electron chi connectivity index (χ0n) is 9.82. The van der Waals surface area contributed by atoms with E-state index in [-0.39, 0.29) is 6.10 Å². The van der Waals surface area contributed by atoms with E-state index in [4.69, 9.17) is 5.26 Å². The highest BCUT2D eigenvalue weighted by Crippen LogP contribution is 2.10. The van der Waals surface area contributed by atoms with Crippen LogP contribution >= 0.6 is 0 Å². The molecule has 0 aromatic heterocycles. The molecule has 1 N–H and O–H groups in total. The van der Waals surface area contributed by atoms with Gasteiger partial charge in [-0.2, -0.15) is 5.26 Å². The van der Waals surface area contributed by atoms with Gasteiger partial charge in [0.1, 0.15) is 0 Å². The second-order valence-electron chi connectivity index (χ2n) is 4.14. The summed E-state index contributed by atoms with van der Waals surface area (Å²) in [5, 5.41) is 18.3. The molecule has 16 heavy (non-hydrogen) atoms. The Bertz CT molecular complexity index is 337. The van der Waals surface area contributed by atoms with E-state index >= 15 is 0 Å². The zero-order chi connectivity index (χ0) is 11.8. The molecule has 0 saturated carbocycles. The molecule has 1 aromatic rings. The Morgan fingerprint density at radius 2 is 1.94 bits per heavy atom. The van der Waals surface area contributed by atoms with Crippen LogP contribution in [-0.2, 0) is 6.42 Å². The van der Waals surface area contributed by atoms with Gasteiger partial charge in [0.2, 0.25) is 0 Å². The molecule has 0 saturated heterocycles. The minimum absolute atomic E-state index is 0.185. The van der Waals surface area contributed by atoms with Crippen molar-refractivity contribution in [2.24, 2.45) is 0 Å². The van der Waals surface area contributed by atoms with Gasteiger partial charge in [0.25, 0.3) is 0 Å². The fraction of sp³-hybridized carbons (Fsp3) is 0.500. The fourth-order valence-electron chi connectivity index (χ4n) is 1.66. The molecule has 0 radical (unpaired) electrons. The van der Waals surface area contributed by atoms with Crippen LogP contribution in [0.4, 0.5) is 0 Å². The molecule has 0 bridgehead atoms. The molecule has 1 aromatic carbocycles. The van der Waals surface area contributed by atoms with Crippen molar-refractivity contribution < 1.29 is 5.11 Å². The summed E-state index contributed by atoms with van der Waals surface area (Å²) in [6.07, 6.45) is 4.63. The topological polar surface area (TPSA) is 44.0 Å². The number of rotatable bonds is 6. The summed E-state index contributed by atoms with van der Waals surface area (Å²) in [5.41, 5.74) is 1.88. The van der Waals surface area contributed by atoms with E-state index in [0.717, 1.165) is 32.1 Å². The lowest BCUT2D eigenvalue weighted by atomic mass is 10.0. The second kappa shape index (κ2) is 7.03. The van der Waals surface area contributed by atoms with Gasteiger partial charge < -0.3 is 5.11 Å². The predicted octanol–water partition coefficient (Wildman–Crippen LogP) is 3.04. The van der Waals surface area contributed by atoms with E-state index in [1.165, 1.54) is 5.56 Å². The van der Waals surface area contributed by atoms with Crippen LogP contribution < -0.4 is 0 Å². The van der Waals surface area contributed by atoms with E-state index in [1.54, 1.807) is 0 Å². The first-order valence-corrected chi connectivity index (χ1v) is 5.93. The molecule has 1 atom stereocenters. The molecule has 0 spiro atoms. The lowest BCUT2D eigenvalue weighted by Crippen LogP contribution is -2.07. The summed E-state index contributed by atoms with van der Waals surface area (Å²) < 4.78 is 0. The molecule has 0 aliphatic rings. The Labute approximate surface area is 97.5 Å². The zero-order valence-corrected chi connectivity index (χ0v) is 9.82. The molecule has 2 heteroatoms. The van der Waals surface area contributed by atoms with E-state index in [2.05, 4.69) is 13.0 Å². The Morgan fingerprint density at radius 3 is 2.50 bits per heavy atom. The quantitative estimate of drug-likeness (QED) is 0.796. The van der Waals surface area contributed by atoms with Crippen molar-refractivity contribution in [1.82, 2.24) is 0 Å². The monoisotopic (exact) mass is 217 g/mol. The number of aliphatic hydroxyl groups excluding tert-OH is 1. The van der Waals surface area contributed by atoms with Gasteiger partial charge in [0, 0.05) is 0 Å². The van der Waals surface area contributed by atoms with Crippen molar-refractivity contribution in [3.05, 3.63) is 35.4 Å². The van der Waals surface area contributed by atoms with Gasteiger partial charge in [0.05, 0.1) is 17.7 Å². The first-order chi connectivity index (χ1) is 7.76. The van der Waals surface area contributed by atoms with Gasteiger partial charge in [-0.3, -0.25) is 0 Å². The van der Waals surface area contributed by atoms with E-state index in [1.807, 2.05) is 24.3 Å². The van der Waals surface area contributed by atoms with Crippen LogP contribution in [0.2, 0.25) is 0 Å². The van der Waals surface area contributed by atoms with Crippen molar-refractivity contribution in [2.45, 2.75) is 45.1 Å². The summed E-state index contributed by atoms with van der Waals surface area (Å²) in [4.78, 5) is 0. The predicted molar refractivity (Wildman–Crippen MR) is 65.0 cm³/mol. The van der Waals surface area contributed by atoms with E-state index in [9.17, 15) is 5.11 Å². The lowest BCUT2D eigenvalue weighted by Gasteiger charge is -2.09. The highest BCUT2D eigenvalue weighted by atomic mass is 16.3. The molecule has 0 amide bonds. The summed E-state index contributed by atoms with van der Waals surface area (Å²) in [5.74, 6) is 0. The number of hydrogen-bond donors (Lipinski definition) is 1. The van der Waals surface area contributed by atoms with Crippen LogP contribution in [0, 0.1) is 11.3 Å². The summed E-state index contributed by atoms with van der Waals surface area (Å²) in [7, 11) is 0. The largest absolute Gasteiger partial charge is 0.393 e. The van der Waals surface area contributed by atoms with Crippen LogP contribution in [0.15, 0.2) is 24.3 Å². The van der Waals surface area contributed by atoms with Crippen LogP contribution in [-0.4, -0.2) is 11.2 Å². The number of benzene rings is 1. The molecule has 0 aliphatic carbocycles. The SMILES string of the molecule is CCCC[C@H](O)CCc1ccc(C#N)cc1. The highest BCUT2D eigenvalue weighted by Gasteiger charge is 2.03. The average Bonchev–Trinajstić information content (AvgIpc) is 2.34.